The minimum Gasteiger partial charge on any atom is -0.489 e. The third-order valence-electron chi connectivity index (χ3n) is 5.47. The standard InChI is InChI=1S/C23H27ClN4O3/c1-17(29-2)23-25-22(31-26-23)15-27-10-12-28(13-11-27)19-7-5-8-20(14-19)30-16-18-6-3-4-9-21(18)24/h3-9,14,17H,10-13,15-16H2,1-2H3/t17-/m1/s1. The second kappa shape index (κ2) is 10.1. The van der Waals surface area contributed by atoms with E-state index in [1.807, 2.05) is 43.3 Å². The van der Waals surface area contributed by atoms with Gasteiger partial charge in [0, 0.05) is 55.6 Å². The van der Waals surface area contributed by atoms with Crippen LogP contribution in [0.3, 0.4) is 0 Å². The lowest BCUT2D eigenvalue weighted by molar-refractivity contribution is 0.109. The van der Waals surface area contributed by atoms with Crippen LogP contribution in [0.5, 0.6) is 5.75 Å². The fraction of sp³-hybridized carbons (Fsp3) is 0.391. The molecular weight excluding hydrogens is 416 g/mol. The van der Waals surface area contributed by atoms with Crippen LogP contribution in [0.15, 0.2) is 53.1 Å². The quantitative estimate of drug-likeness (QED) is 0.514. The predicted molar refractivity (Wildman–Crippen MR) is 119 cm³/mol. The molecule has 1 fully saturated rings. The summed E-state index contributed by atoms with van der Waals surface area (Å²) in [5.41, 5.74) is 2.14. The van der Waals surface area contributed by atoms with Gasteiger partial charge >= 0.3 is 0 Å². The van der Waals surface area contributed by atoms with E-state index in [-0.39, 0.29) is 6.10 Å². The van der Waals surface area contributed by atoms with E-state index >= 15 is 0 Å². The van der Waals surface area contributed by atoms with Crippen molar-refractivity contribution < 1.29 is 14.0 Å². The molecule has 31 heavy (non-hydrogen) atoms. The number of hydrogen-bond donors (Lipinski definition) is 0. The molecule has 0 radical (unpaired) electrons. The normalized spacial score (nSPS) is 15.8. The second-order valence-corrected chi connectivity index (χ2v) is 7.97. The van der Waals surface area contributed by atoms with Crippen molar-refractivity contribution in [2.24, 2.45) is 0 Å². The van der Waals surface area contributed by atoms with Gasteiger partial charge < -0.3 is 18.9 Å². The molecule has 1 aliphatic rings. The molecule has 0 N–H and O–H groups in total. The predicted octanol–water partition coefficient (Wildman–Crippen LogP) is 4.33. The average Bonchev–Trinajstić information content (AvgIpc) is 3.27. The topological polar surface area (TPSA) is 63.9 Å². The average molecular weight is 443 g/mol. The highest BCUT2D eigenvalue weighted by molar-refractivity contribution is 6.31. The smallest absolute Gasteiger partial charge is 0.240 e. The van der Waals surface area contributed by atoms with Crippen molar-refractivity contribution in [3.05, 3.63) is 70.8 Å². The molecule has 0 bridgehead atoms. The lowest BCUT2D eigenvalue weighted by atomic mass is 10.2. The number of anilines is 1. The Morgan fingerprint density at radius 2 is 1.90 bits per heavy atom. The van der Waals surface area contributed by atoms with Crippen molar-refractivity contribution in [1.29, 1.82) is 0 Å². The highest BCUT2D eigenvalue weighted by Crippen LogP contribution is 2.25. The van der Waals surface area contributed by atoms with Gasteiger partial charge in [0.1, 0.15) is 18.5 Å². The summed E-state index contributed by atoms with van der Waals surface area (Å²) in [6.07, 6.45) is -0.165. The Hall–Kier alpha value is -2.61. The molecule has 1 aliphatic heterocycles. The number of aromatic nitrogens is 2. The highest BCUT2D eigenvalue weighted by atomic mass is 35.5. The molecule has 2 aromatic carbocycles. The molecule has 1 saturated heterocycles. The number of methoxy groups -OCH3 is 1. The van der Waals surface area contributed by atoms with Gasteiger partial charge in [-0.05, 0) is 25.1 Å². The molecule has 164 valence electrons. The van der Waals surface area contributed by atoms with Gasteiger partial charge in [0.05, 0.1) is 6.54 Å². The number of halogens is 1. The van der Waals surface area contributed by atoms with Crippen LogP contribution in [0, 0.1) is 0 Å². The first-order chi connectivity index (χ1) is 15.1. The molecule has 4 rings (SSSR count). The molecule has 7 nitrogen and oxygen atoms in total. The van der Waals surface area contributed by atoms with Crippen LogP contribution in [-0.2, 0) is 17.9 Å². The fourth-order valence-electron chi connectivity index (χ4n) is 3.50. The number of ether oxygens (including phenoxy) is 2. The van der Waals surface area contributed by atoms with Crippen molar-refractivity contribution in [3.63, 3.8) is 0 Å². The van der Waals surface area contributed by atoms with Gasteiger partial charge in [0.15, 0.2) is 5.82 Å². The van der Waals surface area contributed by atoms with Crippen LogP contribution in [-0.4, -0.2) is 48.3 Å². The van der Waals surface area contributed by atoms with Gasteiger partial charge in [-0.2, -0.15) is 4.98 Å². The van der Waals surface area contributed by atoms with E-state index in [9.17, 15) is 0 Å². The maximum absolute atomic E-state index is 6.23. The third-order valence-corrected chi connectivity index (χ3v) is 5.84. The Balaban J connectivity index is 1.30. The summed E-state index contributed by atoms with van der Waals surface area (Å²) in [6.45, 7) is 6.68. The van der Waals surface area contributed by atoms with E-state index < -0.39 is 0 Å². The number of benzene rings is 2. The van der Waals surface area contributed by atoms with E-state index in [0.717, 1.165) is 48.2 Å². The van der Waals surface area contributed by atoms with Gasteiger partial charge in [0.2, 0.25) is 5.89 Å². The Morgan fingerprint density at radius 1 is 1.10 bits per heavy atom. The van der Waals surface area contributed by atoms with E-state index in [1.165, 1.54) is 0 Å². The molecule has 8 heteroatoms. The first-order valence-corrected chi connectivity index (χ1v) is 10.8. The van der Waals surface area contributed by atoms with Crippen molar-refractivity contribution in [1.82, 2.24) is 15.0 Å². The summed E-state index contributed by atoms with van der Waals surface area (Å²) in [6, 6.07) is 16.0. The molecule has 0 unspecified atom stereocenters. The van der Waals surface area contributed by atoms with Crippen molar-refractivity contribution in [2.45, 2.75) is 26.2 Å². The first kappa shape index (κ1) is 21.6. The Labute approximate surface area is 187 Å². The maximum Gasteiger partial charge on any atom is 0.240 e. The maximum atomic E-state index is 6.23. The number of rotatable bonds is 8. The van der Waals surface area contributed by atoms with Crippen LogP contribution < -0.4 is 9.64 Å². The van der Waals surface area contributed by atoms with Crippen molar-refractivity contribution >= 4 is 17.3 Å². The molecule has 0 amide bonds. The minimum atomic E-state index is -0.165. The summed E-state index contributed by atoms with van der Waals surface area (Å²) < 4.78 is 16.6. The minimum absolute atomic E-state index is 0.165. The Morgan fingerprint density at radius 3 is 2.68 bits per heavy atom. The molecular formula is C23H27ClN4O3. The zero-order chi connectivity index (χ0) is 21.6. The van der Waals surface area contributed by atoms with Crippen molar-refractivity contribution in [2.75, 3.05) is 38.2 Å². The van der Waals surface area contributed by atoms with Gasteiger partial charge in [0.25, 0.3) is 0 Å². The van der Waals surface area contributed by atoms with Crippen LogP contribution in [0.25, 0.3) is 0 Å². The van der Waals surface area contributed by atoms with Gasteiger partial charge in [-0.15, -0.1) is 0 Å². The molecule has 3 aromatic rings. The Bertz CT molecular complexity index is 988. The lowest BCUT2D eigenvalue weighted by Gasteiger charge is -2.35. The SMILES string of the molecule is CO[C@H](C)c1noc(CN2CCN(c3cccc(OCc4ccccc4Cl)c3)CC2)n1. The van der Waals surface area contributed by atoms with E-state index in [4.69, 9.17) is 25.6 Å². The van der Waals surface area contributed by atoms with Gasteiger partial charge in [-0.3, -0.25) is 4.90 Å². The van der Waals surface area contributed by atoms with Gasteiger partial charge in [-0.1, -0.05) is 41.0 Å². The van der Waals surface area contributed by atoms with Crippen LogP contribution in [0.1, 0.15) is 30.3 Å². The molecule has 1 atom stereocenters. The monoisotopic (exact) mass is 442 g/mol. The zero-order valence-corrected chi connectivity index (χ0v) is 18.6. The van der Waals surface area contributed by atoms with Crippen LogP contribution in [0.4, 0.5) is 5.69 Å². The van der Waals surface area contributed by atoms with Gasteiger partial charge in [-0.25, -0.2) is 0 Å². The molecule has 2 heterocycles. The third kappa shape index (κ3) is 5.55. The fourth-order valence-corrected chi connectivity index (χ4v) is 3.70. The number of hydrogen-bond acceptors (Lipinski definition) is 7. The summed E-state index contributed by atoms with van der Waals surface area (Å²) in [4.78, 5) is 9.12. The van der Waals surface area contributed by atoms with Crippen LogP contribution in [0.2, 0.25) is 5.02 Å². The molecule has 1 aromatic heterocycles. The number of piperazine rings is 1. The van der Waals surface area contributed by atoms with E-state index in [1.54, 1.807) is 7.11 Å². The highest BCUT2D eigenvalue weighted by Gasteiger charge is 2.21. The molecule has 0 aliphatic carbocycles. The summed E-state index contributed by atoms with van der Waals surface area (Å²) in [5, 5.41) is 4.72. The summed E-state index contributed by atoms with van der Waals surface area (Å²) >= 11 is 6.23. The zero-order valence-electron chi connectivity index (χ0n) is 17.8. The molecule has 0 saturated carbocycles. The molecule has 0 spiro atoms. The second-order valence-electron chi connectivity index (χ2n) is 7.56. The van der Waals surface area contributed by atoms with E-state index in [2.05, 4.69) is 32.1 Å². The van der Waals surface area contributed by atoms with E-state index in [0.29, 0.717) is 24.9 Å². The van der Waals surface area contributed by atoms with Crippen molar-refractivity contribution in [3.8, 4) is 5.75 Å². The van der Waals surface area contributed by atoms with Crippen LogP contribution >= 0.6 is 11.6 Å². The summed E-state index contributed by atoms with van der Waals surface area (Å²) in [5.74, 6) is 2.05. The largest absolute Gasteiger partial charge is 0.489 e. The Kier molecular flexibility index (Phi) is 7.06. The summed E-state index contributed by atoms with van der Waals surface area (Å²) in [7, 11) is 1.64. The number of nitrogens with zero attached hydrogens (tertiary/aromatic N) is 4. The lowest BCUT2D eigenvalue weighted by Crippen LogP contribution is -2.46. The first-order valence-electron chi connectivity index (χ1n) is 10.4.